The number of aromatic nitrogens is 2. The van der Waals surface area contributed by atoms with Crippen LogP contribution in [0.15, 0.2) is 67.0 Å². The number of amides is 1. The fourth-order valence-electron chi connectivity index (χ4n) is 2.40. The quantitative estimate of drug-likeness (QED) is 0.759. The molecule has 0 aliphatic rings. The van der Waals surface area contributed by atoms with E-state index in [9.17, 15) is 4.79 Å². The number of carbonyl (C=O) groups is 1. The first kappa shape index (κ1) is 15.8. The molecule has 1 heterocycles. The van der Waals surface area contributed by atoms with Gasteiger partial charge in [0.05, 0.1) is 25.4 Å². The van der Waals surface area contributed by atoms with Crippen molar-refractivity contribution < 1.29 is 9.53 Å². The van der Waals surface area contributed by atoms with E-state index in [1.54, 1.807) is 24.2 Å². The maximum atomic E-state index is 12.2. The SMILES string of the molecule is COc1cccc(CNC(=O)c2cnn(Cc3ccccc3)c2)c1. The van der Waals surface area contributed by atoms with Crippen LogP contribution in [0, 0.1) is 0 Å². The molecule has 0 fully saturated rings. The zero-order valence-electron chi connectivity index (χ0n) is 13.5. The van der Waals surface area contributed by atoms with Gasteiger partial charge in [0, 0.05) is 12.7 Å². The molecule has 5 heteroatoms. The predicted octanol–water partition coefficient (Wildman–Crippen LogP) is 2.87. The molecule has 1 amide bonds. The van der Waals surface area contributed by atoms with Gasteiger partial charge in [-0.15, -0.1) is 0 Å². The molecule has 3 rings (SSSR count). The Morgan fingerprint density at radius 3 is 2.71 bits per heavy atom. The van der Waals surface area contributed by atoms with Gasteiger partial charge in [-0.2, -0.15) is 5.10 Å². The van der Waals surface area contributed by atoms with Crippen molar-refractivity contribution in [2.45, 2.75) is 13.1 Å². The van der Waals surface area contributed by atoms with Crippen molar-refractivity contribution in [3.8, 4) is 5.75 Å². The Balaban J connectivity index is 1.59. The highest BCUT2D eigenvalue weighted by Crippen LogP contribution is 2.12. The van der Waals surface area contributed by atoms with E-state index < -0.39 is 0 Å². The van der Waals surface area contributed by atoms with Gasteiger partial charge < -0.3 is 10.1 Å². The number of nitrogens with zero attached hydrogens (tertiary/aromatic N) is 2. The summed E-state index contributed by atoms with van der Waals surface area (Å²) in [5.41, 5.74) is 2.68. The third-order valence-electron chi connectivity index (χ3n) is 3.67. The fraction of sp³-hybridized carbons (Fsp3) is 0.158. The molecule has 0 saturated heterocycles. The third kappa shape index (κ3) is 4.01. The van der Waals surface area contributed by atoms with E-state index in [1.165, 1.54) is 0 Å². The zero-order valence-corrected chi connectivity index (χ0v) is 13.5. The van der Waals surface area contributed by atoms with Gasteiger partial charge in [0.15, 0.2) is 0 Å². The van der Waals surface area contributed by atoms with Gasteiger partial charge in [0.25, 0.3) is 5.91 Å². The average Bonchev–Trinajstić information content (AvgIpc) is 3.09. The van der Waals surface area contributed by atoms with E-state index in [4.69, 9.17) is 4.74 Å². The maximum absolute atomic E-state index is 12.2. The highest BCUT2D eigenvalue weighted by atomic mass is 16.5. The van der Waals surface area contributed by atoms with Crippen LogP contribution < -0.4 is 10.1 Å². The Labute approximate surface area is 140 Å². The number of hydrogen-bond acceptors (Lipinski definition) is 3. The van der Waals surface area contributed by atoms with Crippen LogP contribution in [0.25, 0.3) is 0 Å². The second-order valence-corrected chi connectivity index (χ2v) is 5.45. The molecule has 0 spiro atoms. The van der Waals surface area contributed by atoms with Crippen molar-refractivity contribution in [3.63, 3.8) is 0 Å². The first-order valence-corrected chi connectivity index (χ1v) is 7.72. The Hall–Kier alpha value is -3.08. The Morgan fingerprint density at radius 2 is 1.92 bits per heavy atom. The van der Waals surface area contributed by atoms with Crippen molar-refractivity contribution in [2.24, 2.45) is 0 Å². The van der Waals surface area contributed by atoms with Gasteiger partial charge in [0.1, 0.15) is 5.75 Å². The van der Waals surface area contributed by atoms with Gasteiger partial charge >= 0.3 is 0 Å². The summed E-state index contributed by atoms with van der Waals surface area (Å²) in [6.45, 7) is 1.09. The molecule has 0 aliphatic carbocycles. The van der Waals surface area contributed by atoms with Crippen LogP contribution in [-0.2, 0) is 13.1 Å². The third-order valence-corrected chi connectivity index (χ3v) is 3.67. The predicted molar refractivity (Wildman–Crippen MR) is 91.9 cm³/mol. The first-order valence-electron chi connectivity index (χ1n) is 7.72. The van der Waals surface area contributed by atoms with E-state index in [0.717, 1.165) is 16.9 Å². The lowest BCUT2D eigenvalue weighted by Gasteiger charge is -2.06. The molecule has 122 valence electrons. The zero-order chi connectivity index (χ0) is 16.8. The molecule has 0 bridgehead atoms. The number of methoxy groups -OCH3 is 1. The van der Waals surface area contributed by atoms with E-state index in [-0.39, 0.29) is 5.91 Å². The number of carbonyl (C=O) groups excluding carboxylic acids is 1. The van der Waals surface area contributed by atoms with Crippen molar-refractivity contribution >= 4 is 5.91 Å². The molecule has 0 aliphatic heterocycles. The minimum Gasteiger partial charge on any atom is -0.497 e. The monoisotopic (exact) mass is 321 g/mol. The summed E-state index contributed by atoms with van der Waals surface area (Å²) in [5.74, 6) is 0.634. The summed E-state index contributed by atoms with van der Waals surface area (Å²) >= 11 is 0. The Bertz CT molecular complexity index is 812. The minimum atomic E-state index is -0.142. The number of hydrogen-bond donors (Lipinski definition) is 1. The number of nitrogens with one attached hydrogen (secondary N) is 1. The normalized spacial score (nSPS) is 10.4. The van der Waals surface area contributed by atoms with Crippen LogP contribution >= 0.6 is 0 Å². The topological polar surface area (TPSA) is 56.1 Å². The van der Waals surface area contributed by atoms with Crippen LogP contribution in [0.3, 0.4) is 0 Å². The standard InChI is InChI=1S/C19H19N3O2/c1-24-18-9-5-8-16(10-18)11-20-19(23)17-12-21-22(14-17)13-15-6-3-2-4-7-15/h2-10,12,14H,11,13H2,1H3,(H,20,23). The van der Waals surface area contributed by atoms with Gasteiger partial charge in [-0.25, -0.2) is 0 Å². The first-order chi connectivity index (χ1) is 11.7. The fourth-order valence-corrected chi connectivity index (χ4v) is 2.40. The maximum Gasteiger partial charge on any atom is 0.254 e. The van der Waals surface area contributed by atoms with Gasteiger partial charge in [-0.3, -0.25) is 9.48 Å². The molecule has 5 nitrogen and oxygen atoms in total. The summed E-state index contributed by atoms with van der Waals surface area (Å²) in [5, 5.41) is 7.15. The highest BCUT2D eigenvalue weighted by Gasteiger charge is 2.09. The molecule has 0 radical (unpaired) electrons. The van der Waals surface area contributed by atoms with Gasteiger partial charge in [-0.05, 0) is 23.3 Å². The summed E-state index contributed by atoms with van der Waals surface area (Å²) < 4.78 is 6.94. The summed E-state index contributed by atoms with van der Waals surface area (Å²) in [6, 6.07) is 17.6. The summed E-state index contributed by atoms with van der Waals surface area (Å²) in [6.07, 6.45) is 3.34. The number of ether oxygens (including phenoxy) is 1. The van der Waals surface area contributed by atoms with Gasteiger partial charge in [0.2, 0.25) is 0 Å². The average molecular weight is 321 g/mol. The molecule has 1 N–H and O–H groups in total. The lowest BCUT2D eigenvalue weighted by atomic mass is 10.2. The van der Waals surface area contributed by atoms with Gasteiger partial charge in [-0.1, -0.05) is 42.5 Å². The molecule has 2 aromatic carbocycles. The number of rotatable bonds is 6. The molecule has 0 atom stereocenters. The molecule has 3 aromatic rings. The molecule has 0 saturated carbocycles. The van der Waals surface area contributed by atoms with Crippen molar-refractivity contribution in [3.05, 3.63) is 83.7 Å². The summed E-state index contributed by atoms with van der Waals surface area (Å²) in [4.78, 5) is 12.2. The van der Waals surface area contributed by atoms with Crippen molar-refractivity contribution in [1.82, 2.24) is 15.1 Å². The van der Waals surface area contributed by atoms with Crippen LogP contribution in [0.4, 0.5) is 0 Å². The highest BCUT2D eigenvalue weighted by molar-refractivity contribution is 5.93. The summed E-state index contributed by atoms with van der Waals surface area (Å²) in [7, 11) is 1.62. The minimum absolute atomic E-state index is 0.142. The largest absolute Gasteiger partial charge is 0.497 e. The lowest BCUT2D eigenvalue weighted by Crippen LogP contribution is -2.22. The van der Waals surface area contributed by atoms with Crippen molar-refractivity contribution in [1.29, 1.82) is 0 Å². The number of benzene rings is 2. The second kappa shape index (κ2) is 7.46. The van der Waals surface area contributed by atoms with E-state index >= 15 is 0 Å². The van der Waals surface area contributed by atoms with E-state index in [1.807, 2.05) is 54.6 Å². The smallest absolute Gasteiger partial charge is 0.254 e. The van der Waals surface area contributed by atoms with E-state index in [2.05, 4.69) is 10.4 Å². The van der Waals surface area contributed by atoms with Crippen LogP contribution in [0.5, 0.6) is 5.75 Å². The van der Waals surface area contributed by atoms with Crippen LogP contribution in [-0.4, -0.2) is 22.8 Å². The lowest BCUT2D eigenvalue weighted by molar-refractivity contribution is 0.0951. The molecule has 24 heavy (non-hydrogen) atoms. The Morgan fingerprint density at radius 1 is 1.12 bits per heavy atom. The molecule has 1 aromatic heterocycles. The van der Waals surface area contributed by atoms with Crippen LogP contribution in [0.2, 0.25) is 0 Å². The second-order valence-electron chi connectivity index (χ2n) is 5.45. The molecular weight excluding hydrogens is 302 g/mol. The Kier molecular flexibility index (Phi) is 4.91. The molecular formula is C19H19N3O2. The molecule has 0 unspecified atom stereocenters. The van der Waals surface area contributed by atoms with Crippen LogP contribution in [0.1, 0.15) is 21.5 Å². The van der Waals surface area contributed by atoms with E-state index in [0.29, 0.717) is 18.7 Å². The van der Waals surface area contributed by atoms with Crippen molar-refractivity contribution in [2.75, 3.05) is 7.11 Å².